The fourth-order valence-electron chi connectivity index (χ4n) is 2.78. The van der Waals surface area contributed by atoms with Crippen LogP contribution in [0, 0.1) is 0 Å². The van der Waals surface area contributed by atoms with Gasteiger partial charge < -0.3 is 19.5 Å². The van der Waals surface area contributed by atoms with Crippen LogP contribution in [0.15, 0.2) is 79.6 Å². The van der Waals surface area contributed by atoms with Gasteiger partial charge in [-0.25, -0.2) is 0 Å². The lowest BCUT2D eigenvalue weighted by molar-refractivity contribution is -0.274. The minimum Gasteiger partial charge on any atom is -0.456 e. The summed E-state index contributed by atoms with van der Waals surface area (Å²) in [7, 11) is 0. The molecule has 0 saturated heterocycles. The van der Waals surface area contributed by atoms with Gasteiger partial charge in [0.2, 0.25) is 0 Å². The first kappa shape index (κ1) is 24.7. The van der Waals surface area contributed by atoms with Crippen molar-refractivity contribution >= 4 is 29.2 Å². The van der Waals surface area contributed by atoms with E-state index in [1.165, 1.54) is 12.1 Å². The molecule has 0 aliphatic carbocycles. The van der Waals surface area contributed by atoms with Crippen LogP contribution in [-0.4, -0.2) is 18.2 Å². The molecule has 3 aromatic rings. The van der Waals surface area contributed by atoms with Gasteiger partial charge in [-0.3, -0.25) is 9.59 Å². The molecule has 34 heavy (non-hydrogen) atoms. The second-order valence-electron chi connectivity index (χ2n) is 6.75. The molecule has 0 spiro atoms. The number of alkyl halides is 3. The van der Waals surface area contributed by atoms with Crippen LogP contribution in [0.5, 0.6) is 17.2 Å². The predicted molar refractivity (Wildman–Crippen MR) is 119 cm³/mol. The van der Waals surface area contributed by atoms with Crippen molar-refractivity contribution in [3.05, 3.63) is 95.7 Å². The molecule has 0 saturated carbocycles. The summed E-state index contributed by atoms with van der Waals surface area (Å²) in [4.78, 5) is 23.8. The quantitative estimate of drug-likeness (QED) is 0.287. The Morgan fingerprint density at radius 2 is 1.62 bits per heavy atom. The lowest BCUT2D eigenvalue weighted by Crippen LogP contribution is -2.17. The van der Waals surface area contributed by atoms with E-state index in [1.54, 1.807) is 42.5 Å². The van der Waals surface area contributed by atoms with Gasteiger partial charge in [-0.05, 0) is 66.2 Å². The van der Waals surface area contributed by atoms with Crippen molar-refractivity contribution in [2.24, 2.45) is 0 Å². The van der Waals surface area contributed by atoms with E-state index in [1.807, 2.05) is 0 Å². The third-order valence-corrected chi connectivity index (χ3v) is 4.54. The van der Waals surface area contributed by atoms with Crippen molar-refractivity contribution in [1.29, 1.82) is 0 Å². The molecule has 3 aromatic carbocycles. The number of esters is 1. The van der Waals surface area contributed by atoms with E-state index in [4.69, 9.17) is 16.3 Å². The van der Waals surface area contributed by atoms with Gasteiger partial charge in [-0.1, -0.05) is 24.2 Å². The molecule has 1 N–H and O–H groups in total. The number of benzene rings is 3. The highest BCUT2D eigenvalue weighted by atomic mass is 35.5. The molecule has 0 heterocycles. The van der Waals surface area contributed by atoms with Gasteiger partial charge in [-0.15, -0.1) is 13.2 Å². The lowest BCUT2D eigenvalue weighted by Gasteiger charge is -2.11. The minimum atomic E-state index is -4.81. The molecule has 0 aliphatic rings. The molecule has 0 radical (unpaired) electrons. The van der Waals surface area contributed by atoms with Gasteiger partial charge in [0.1, 0.15) is 17.2 Å². The van der Waals surface area contributed by atoms with Gasteiger partial charge in [0.05, 0.1) is 17.7 Å². The Balaban J connectivity index is 1.59. The topological polar surface area (TPSA) is 73.9 Å². The van der Waals surface area contributed by atoms with Crippen molar-refractivity contribution in [3.63, 3.8) is 0 Å². The monoisotopic (exact) mass is 491 g/mol. The molecule has 0 fully saturated rings. The molecular formula is C24H17ClF3NO5. The second kappa shape index (κ2) is 10.8. The van der Waals surface area contributed by atoms with Gasteiger partial charge in [-0.2, -0.15) is 0 Å². The third kappa shape index (κ3) is 7.28. The Morgan fingerprint density at radius 1 is 0.971 bits per heavy atom. The molecule has 1 amide bonds. The van der Waals surface area contributed by atoms with Crippen LogP contribution in [0.1, 0.15) is 15.9 Å². The largest absolute Gasteiger partial charge is 0.573 e. The fourth-order valence-corrected chi connectivity index (χ4v) is 3.02. The second-order valence-corrected chi connectivity index (χ2v) is 7.16. The normalized spacial score (nSPS) is 10.8. The Bertz CT molecular complexity index is 1180. The smallest absolute Gasteiger partial charge is 0.456 e. The zero-order valence-corrected chi connectivity index (χ0v) is 18.2. The number of halogens is 4. The SMILES string of the molecule is C=COC(=O)Cc1ccc(Oc2ccc(NC(=O)c3ccc(OC(F)(F)F)cc3)cc2)c(Cl)c1. The van der Waals surface area contributed by atoms with E-state index in [0.717, 1.165) is 18.4 Å². The van der Waals surface area contributed by atoms with Crippen molar-refractivity contribution in [2.75, 3.05) is 5.32 Å². The molecule has 0 unspecified atom stereocenters. The number of anilines is 1. The Hall–Kier alpha value is -3.98. The number of hydrogen-bond acceptors (Lipinski definition) is 5. The van der Waals surface area contributed by atoms with Crippen LogP contribution < -0.4 is 14.8 Å². The highest BCUT2D eigenvalue weighted by molar-refractivity contribution is 6.32. The molecule has 0 bridgehead atoms. The van der Waals surface area contributed by atoms with Gasteiger partial charge in [0.15, 0.2) is 0 Å². The number of amides is 1. The predicted octanol–water partition coefficient (Wildman–Crippen LogP) is 6.51. The highest BCUT2D eigenvalue weighted by Crippen LogP contribution is 2.31. The van der Waals surface area contributed by atoms with Gasteiger partial charge in [0, 0.05) is 11.3 Å². The van der Waals surface area contributed by atoms with Crippen LogP contribution in [0.25, 0.3) is 0 Å². The number of hydrogen-bond donors (Lipinski definition) is 1. The maximum absolute atomic E-state index is 12.3. The summed E-state index contributed by atoms with van der Waals surface area (Å²) >= 11 is 6.23. The van der Waals surface area contributed by atoms with E-state index < -0.39 is 24.0 Å². The zero-order chi connectivity index (χ0) is 24.7. The highest BCUT2D eigenvalue weighted by Gasteiger charge is 2.31. The van der Waals surface area contributed by atoms with Crippen molar-refractivity contribution in [2.45, 2.75) is 12.8 Å². The van der Waals surface area contributed by atoms with E-state index in [0.29, 0.717) is 27.8 Å². The molecule has 0 atom stereocenters. The number of carbonyl (C=O) groups is 2. The van der Waals surface area contributed by atoms with Crippen LogP contribution in [-0.2, 0) is 16.0 Å². The minimum absolute atomic E-state index is 0.0263. The van der Waals surface area contributed by atoms with Crippen molar-refractivity contribution < 1.29 is 37.0 Å². The summed E-state index contributed by atoms with van der Waals surface area (Å²) in [5.41, 5.74) is 1.23. The summed E-state index contributed by atoms with van der Waals surface area (Å²) in [5, 5.41) is 2.92. The summed E-state index contributed by atoms with van der Waals surface area (Å²) in [6, 6.07) is 15.8. The molecule has 0 aliphatic heterocycles. The maximum Gasteiger partial charge on any atom is 0.573 e. The lowest BCUT2D eigenvalue weighted by atomic mass is 10.1. The Kier molecular flexibility index (Phi) is 7.80. The number of nitrogens with one attached hydrogen (secondary N) is 1. The third-order valence-electron chi connectivity index (χ3n) is 4.25. The van der Waals surface area contributed by atoms with Crippen molar-refractivity contribution in [3.8, 4) is 17.2 Å². The first-order valence-corrected chi connectivity index (χ1v) is 10.0. The fraction of sp³-hybridized carbons (Fsp3) is 0.0833. The number of carbonyl (C=O) groups excluding carboxylic acids is 2. The van der Waals surface area contributed by atoms with Crippen LogP contribution >= 0.6 is 11.6 Å². The summed E-state index contributed by atoms with van der Waals surface area (Å²) in [5.74, 6) is -0.606. The molecule has 0 aromatic heterocycles. The number of rotatable bonds is 8. The van der Waals surface area contributed by atoms with Crippen molar-refractivity contribution in [1.82, 2.24) is 0 Å². The molecule has 176 valence electrons. The Morgan fingerprint density at radius 3 is 2.21 bits per heavy atom. The summed E-state index contributed by atoms with van der Waals surface area (Å²) in [6.07, 6.45) is -3.73. The van der Waals surface area contributed by atoms with E-state index in [9.17, 15) is 22.8 Å². The maximum atomic E-state index is 12.3. The summed E-state index contributed by atoms with van der Waals surface area (Å²) < 4.78 is 50.9. The van der Waals surface area contributed by atoms with Crippen LogP contribution in [0.3, 0.4) is 0 Å². The summed E-state index contributed by atoms with van der Waals surface area (Å²) in [6.45, 7) is 3.32. The molecular weight excluding hydrogens is 475 g/mol. The molecule has 6 nitrogen and oxygen atoms in total. The van der Waals surface area contributed by atoms with E-state index in [2.05, 4.69) is 21.4 Å². The van der Waals surface area contributed by atoms with Crippen LogP contribution in [0.2, 0.25) is 5.02 Å². The molecule has 3 rings (SSSR count). The number of ether oxygens (including phenoxy) is 3. The average molecular weight is 492 g/mol. The standard InChI is InChI=1S/C24H17ClF3NO5/c1-2-32-22(30)14-15-3-12-21(20(25)13-15)33-18-10-6-17(7-11-18)29-23(31)16-4-8-19(9-5-16)34-24(26,27)28/h2-13H,1,14H2,(H,29,31). The molecule has 10 heteroatoms. The van der Waals surface area contributed by atoms with Crippen LogP contribution in [0.4, 0.5) is 18.9 Å². The van der Waals surface area contributed by atoms with Gasteiger partial charge in [0.25, 0.3) is 5.91 Å². The first-order valence-electron chi connectivity index (χ1n) is 9.67. The first-order chi connectivity index (χ1) is 16.1. The Labute approximate surface area is 197 Å². The van der Waals surface area contributed by atoms with E-state index in [-0.39, 0.29) is 12.0 Å². The van der Waals surface area contributed by atoms with E-state index >= 15 is 0 Å². The average Bonchev–Trinajstić information content (AvgIpc) is 2.76. The van der Waals surface area contributed by atoms with Gasteiger partial charge >= 0.3 is 12.3 Å². The zero-order valence-electron chi connectivity index (χ0n) is 17.4.